The molecule has 0 radical (unpaired) electrons. The van der Waals surface area contributed by atoms with Gasteiger partial charge in [0.2, 0.25) is 5.91 Å². The van der Waals surface area contributed by atoms with E-state index < -0.39 is 0 Å². The van der Waals surface area contributed by atoms with Crippen molar-refractivity contribution in [1.82, 2.24) is 15.1 Å². The van der Waals surface area contributed by atoms with Gasteiger partial charge in [0.15, 0.2) is 0 Å². The fourth-order valence-corrected chi connectivity index (χ4v) is 3.67. The van der Waals surface area contributed by atoms with E-state index >= 15 is 0 Å². The van der Waals surface area contributed by atoms with Gasteiger partial charge in [-0.2, -0.15) is 0 Å². The van der Waals surface area contributed by atoms with Crippen LogP contribution in [0.15, 0.2) is 54.6 Å². The van der Waals surface area contributed by atoms with Gasteiger partial charge in [-0.25, -0.2) is 4.79 Å². The molecule has 2 N–H and O–H groups in total. The molecule has 3 rings (SSSR count). The first kappa shape index (κ1) is 21.8. The van der Waals surface area contributed by atoms with Crippen LogP contribution in [0.2, 0.25) is 0 Å². The highest BCUT2D eigenvalue weighted by Crippen LogP contribution is 2.21. The normalized spacial score (nSPS) is 15.7. The molecule has 2 aromatic rings. The lowest BCUT2D eigenvalue weighted by Gasteiger charge is -2.35. The maximum atomic E-state index is 12.8. The predicted molar refractivity (Wildman–Crippen MR) is 120 cm³/mol. The maximum absolute atomic E-state index is 12.8. The van der Waals surface area contributed by atoms with Crippen LogP contribution in [0, 0.1) is 12.8 Å². The predicted octanol–water partition coefficient (Wildman–Crippen LogP) is 3.66. The number of benzene rings is 2. The van der Waals surface area contributed by atoms with Gasteiger partial charge in [0.25, 0.3) is 0 Å². The number of carbonyl (C=O) groups excluding carboxylic acids is 2. The number of urea groups is 1. The van der Waals surface area contributed by atoms with Gasteiger partial charge in [-0.1, -0.05) is 61.9 Å². The Morgan fingerprint density at radius 3 is 2.17 bits per heavy atom. The first-order chi connectivity index (χ1) is 14.4. The molecular formula is C24H32N4O2. The number of nitrogens with one attached hydrogen (secondary N) is 2. The van der Waals surface area contributed by atoms with Crippen LogP contribution in [0.3, 0.4) is 0 Å². The minimum Gasteiger partial charge on any atom is -0.331 e. The number of anilines is 1. The third-order valence-electron chi connectivity index (χ3n) is 5.47. The summed E-state index contributed by atoms with van der Waals surface area (Å²) in [5.74, 6) is 0.267. The number of piperazine rings is 1. The van der Waals surface area contributed by atoms with Crippen LogP contribution in [-0.2, 0) is 4.79 Å². The fraction of sp³-hybridized carbons (Fsp3) is 0.417. The first-order valence-electron chi connectivity index (χ1n) is 10.6. The van der Waals surface area contributed by atoms with Crippen LogP contribution in [0.5, 0.6) is 0 Å². The SMILES string of the molecule is Cc1ccc(NC(=O)CN2CCN(C(=O)N[C@@H](c3ccccc3)C(C)C)CC2)cc1. The average molecular weight is 409 g/mol. The second-order valence-electron chi connectivity index (χ2n) is 8.26. The standard InChI is InChI=1S/C24H32N4O2/c1-18(2)23(20-7-5-4-6-8-20)26-24(30)28-15-13-27(14-16-28)17-22(29)25-21-11-9-19(3)10-12-21/h4-12,18,23H,13-17H2,1-3H3,(H,25,29)(H,26,30)/t23-/m1/s1. The molecule has 1 aliphatic rings. The van der Waals surface area contributed by atoms with Gasteiger partial charge >= 0.3 is 6.03 Å². The lowest BCUT2D eigenvalue weighted by molar-refractivity contribution is -0.117. The molecule has 0 bridgehead atoms. The van der Waals surface area contributed by atoms with Gasteiger partial charge in [-0.05, 0) is 30.5 Å². The van der Waals surface area contributed by atoms with Crippen molar-refractivity contribution in [3.8, 4) is 0 Å². The van der Waals surface area contributed by atoms with Crippen LogP contribution in [0.25, 0.3) is 0 Å². The molecule has 1 aliphatic heterocycles. The molecule has 3 amide bonds. The second-order valence-corrected chi connectivity index (χ2v) is 8.26. The Morgan fingerprint density at radius 2 is 1.57 bits per heavy atom. The van der Waals surface area contributed by atoms with Gasteiger partial charge in [-0.15, -0.1) is 0 Å². The van der Waals surface area contributed by atoms with Gasteiger partial charge < -0.3 is 15.5 Å². The molecule has 30 heavy (non-hydrogen) atoms. The van der Waals surface area contributed by atoms with E-state index in [2.05, 4.69) is 41.5 Å². The molecule has 1 fully saturated rings. The monoisotopic (exact) mass is 408 g/mol. The zero-order chi connectivity index (χ0) is 21.5. The van der Waals surface area contributed by atoms with Crippen molar-refractivity contribution in [3.63, 3.8) is 0 Å². The summed E-state index contributed by atoms with van der Waals surface area (Å²) in [4.78, 5) is 29.0. The molecule has 0 unspecified atom stereocenters. The van der Waals surface area contributed by atoms with Crippen LogP contribution in [0.4, 0.5) is 10.5 Å². The highest BCUT2D eigenvalue weighted by molar-refractivity contribution is 5.92. The smallest absolute Gasteiger partial charge is 0.317 e. The molecule has 2 aromatic carbocycles. The van der Waals surface area contributed by atoms with E-state index in [1.165, 1.54) is 0 Å². The van der Waals surface area contributed by atoms with Crippen molar-refractivity contribution in [1.29, 1.82) is 0 Å². The van der Waals surface area contributed by atoms with Crippen molar-refractivity contribution in [2.45, 2.75) is 26.8 Å². The number of rotatable bonds is 6. The molecule has 1 saturated heterocycles. The summed E-state index contributed by atoms with van der Waals surface area (Å²) in [6.07, 6.45) is 0. The van der Waals surface area contributed by atoms with E-state index in [9.17, 15) is 9.59 Å². The number of nitrogens with zero attached hydrogens (tertiary/aromatic N) is 2. The number of amides is 3. The third kappa shape index (κ3) is 6.07. The second kappa shape index (κ2) is 10.3. The summed E-state index contributed by atoms with van der Waals surface area (Å²) in [7, 11) is 0. The Morgan fingerprint density at radius 1 is 0.933 bits per heavy atom. The summed E-state index contributed by atoms with van der Waals surface area (Å²) in [6, 6.07) is 17.8. The molecule has 6 heteroatoms. The van der Waals surface area contributed by atoms with Crippen molar-refractivity contribution >= 4 is 17.6 Å². The summed E-state index contributed by atoms with van der Waals surface area (Å²) in [5, 5.41) is 6.12. The Hall–Kier alpha value is -2.86. The zero-order valence-corrected chi connectivity index (χ0v) is 18.1. The van der Waals surface area contributed by atoms with E-state index in [1.807, 2.05) is 54.3 Å². The van der Waals surface area contributed by atoms with Crippen LogP contribution in [0.1, 0.15) is 31.0 Å². The summed E-state index contributed by atoms with van der Waals surface area (Å²) in [6.45, 7) is 9.18. The minimum absolute atomic E-state index is 0.0167. The van der Waals surface area contributed by atoms with E-state index in [-0.39, 0.29) is 18.0 Å². The Kier molecular flexibility index (Phi) is 7.46. The van der Waals surface area contributed by atoms with Crippen LogP contribution in [-0.4, -0.2) is 54.5 Å². The molecule has 1 atom stereocenters. The Bertz CT molecular complexity index is 828. The minimum atomic E-state index is -0.0405. The quantitative estimate of drug-likeness (QED) is 0.767. The highest BCUT2D eigenvalue weighted by atomic mass is 16.2. The van der Waals surface area contributed by atoms with E-state index in [1.54, 1.807) is 0 Å². The van der Waals surface area contributed by atoms with Crippen LogP contribution < -0.4 is 10.6 Å². The maximum Gasteiger partial charge on any atom is 0.317 e. The zero-order valence-electron chi connectivity index (χ0n) is 18.1. The van der Waals surface area contributed by atoms with Gasteiger partial charge in [-0.3, -0.25) is 9.69 Å². The topological polar surface area (TPSA) is 64.7 Å². The molecule has 0 aliphatic carbocycles. The molecule has 0 saturated carbocycles. The lowest BCUT2D eigenvalue weighted by Crippen LogP contribution is -2.53. The molecule has 1 heterocycles. The fourth-order valence-electron chi connectivity index (χ4n) is 3.67. The van der Waals surface area contributed by atoms with Gasteiger partial charge in [0.1, 0.15) is 0 Å². The summed E-state index contributed by atoms with van der Waals surface area (Å²) < 4.78 is 0. The average Bonchev–Trinajstić information content (AvgIpc) is 2.74. The summed E-state index contributed by atoms with van der Waals surface area (Å²) >= 11 is 0. The number of carbonyl (C=O) groups is 2. The van der Waals surface area contributed by atoms with E-state index in [0.29, 0.717) is 38.6 Å². The van der Waals surface area contributed by atoms with Crippen molar-refractivity contribution in [2.24, 2.45) is 5.92 Å². The van der Waals surface area contributed by atoms with E-state index in [4.69, 9.17) is 0 Å². The first-order valence-corrected chi connectivity index (χ1v) is 10.6. The van der Waals surface area contributed by atoms with Crippen molar-refractivity contribution in [3.05, 3.63) is 65.7 Å². The number of hydrogen-bond acceptors (Lipinski definition) is 3. The van der Waals surface area contributed by atoms with Crippen molar-refractivity contribution < 1.29 is 9.59 Å². The Labute approximate surface area is 179 Å². The highest BCUT2D eigenvalue weighted by Gasteiger charge is 2.25. The van der Waals surface area contributed by atoms with Crippen molar-refractivity contribution in [2.75, 3.05) is 38.0 Å². The number of hydrogen-bond donors (Lipinski definition) is 2. The third-order valence-corrected chi connectivity index (χ3v) is 5.47. The largest absolute Gasteiger partial charge is 0.331 e. The van der Waals surface area contributed by atoms with E-state index in [0.717, 1.165) is 16.8 Å². The molecule has 6 nitrogen and oxygen atoms in total. The molecule has 160 valence electrons. The van der Waals surface area contributed by atoms with Gasteiger partial charge in [0.05, 0.1) is 12.6 Å². The summed E-state index contributed by atoms with van der Waals surface area (Å²) in [5.41, 5.74) is 3.09. The van der Waals surface area contributed by atoms with Gasteiger partial charge in [0, 0.05) is 31.9 Å². The number of aryl methyl sites for hydroxylation is 1. The Balaban J connectivity index is 1.46. The lowest BCUT2D eigenvalue weighted by atomic mass is 9.96. The van der Waals surface area contributed by atoms with Crippen LogP contribution >= 0.6 is 0 Å². The molecular weight excluding hydrogens is 376 g/mol. The molecule has 0 spiro atoms. The molecule has 0 aromatic heterocycles.